The lowest BCUT2D eigenvalue weighted by Crippen LogP contribution is -2.31. The van der Waals surface area contributed by atoms with Crippen molar-refractivity contribution in [3.05, 3.63) is 51.8 Å². The minimum atomic E-state index is -0.528. The smallest absolute Gasteiger partial charge is 0.0940 e. The number of halogens is 1. The first-order valence-corrected chi connectivity index (χ1v) is 7.42. The van der Waals surface area contributed by atoms with Crippen molar-refractivity contribution in [1.29, 1.82) is 0 Å². The van der Waals surface area contributed by atoms with Gasteiger partial charge in [0.05, 0.1) is 11.8 Å². The highest BCUT2D eigenvalue weighted by Crippen LogP contribution is 2.20. The molecule has 0 bridgehead atoms. The summed E-state index contributed by atoms with van der Waals surface area (Å²) in [6, 6.07) is 7.72. The molecule has 2 N–H and O–H groups in total. The summed E-state index contributed by atoms with van der Waals surface area (Å²) in [6.45, 7) is 4.68. The van der Waals surface area contributed by atoms with Crippen molar-refractivity contribution in [2.75, 3.05) is 0 Å². The first kappa shape index (κ1) is 15.2. The summed E-state index contributed by atoms with van der Waals surface area (Å²) in [5, 5.41) is 18.0. The molecule has 0 spiro atoms. The van der Waals surface area contributed by atoms with Gasteiger partial charge in [0.2, 0.25) is 0 Å². The molecule has 0 saturated heterocycles. The van der Waals surface area contributed by atoms with Crippen molar-refractivity contribution in [1.82, 2.24) is 15.1 Å². The SMILES string of the molecule is Cc1nn(C)cc1CNC(C)C(O)c1ccc(Br)cc1. The fourth-order valence-corrected chi connectivity index (χ4v) is 2.42. The molecule has 1 aromatic carbocycles. The largest absolute Gasteiger partial charge is 0.387 e. The van der Waals surface area contributed by atoms with Gasteiger partial charge in [-0.3, -0.25) is 4.68 Å². The molecule has 1 aromatic heterocycles. The van der Waals surface area contributed by atoms with Gasteiger partial charge in [-0.15, -0.1) is 0 Å². The maximum absolute atomic E-state index is 10.3. The topological polar surface area (TPSA) is 50.1 Å². The Labute approximate surface area is 127 Å². The van der Waals surface area contributed by atoms with Crippen LogP contribution in [-0.2, 0) is 13.6 Å². The molecule has 1 heterocycles. The molecular formula is C15H20BrN3O. The number of aryl methyl sites for hydroxylation is 2. The Hall–Kier alpha value is -1.17. The van der Waals surface area contributed by atoms with Crippen LogP contribution in [0, 0.1) is 6.92 Å². The van der Waals surface area contributed by atoms with E-state index in [1.165, 1.54) is 0 Å². The standard InChI is InChI=1S/C15H20BrN3O/c1-10-13(9-19(3)18-10)8-17-11(2)15(20)12-4-6-14(16)7-5-12/h4-7,9,11,15,17,20H,8H2,1-3H3. The zero-order chi connectivity index (χ0) is 14.7. The molecule has 0 aliphatic rings. The second-order valence-electron chi connectivity index (χ2n) is 5.08. The van der Waals surface area contributed by atoms with Gasteiger partial charge in [0.25, 0.3) is 0 Å². The zero-order valence-corrected chi connectivity index (χ0v) is 13.6. The monoisotopic (exact) mass is 337 g/mol. The number of nitrogens with one attached hydrogen (secondary N) is 1. The molecular weight excluding hydrogens is 318 g/mol. The lowest BCUT2D eigenvalue weighted by molar-refractivity contribution is 0.135. The van der Waals surface area contributed by atoms with Gasteiger partial charge in [-0.25, -0.2) is 0 Å². The molecule has 0 aliphatic carbocycles. The van der Waals surface area contributed by atoms with Crippen molar-refractivity contribution in [2.24, 2.45) is 7.05 Å². The lowest BCUT2D eigenvalue weighted by Gasteiger charge is -2.20. The molecule has 0 radical (unpaired) electrons. The van der Waals surface area contributed by atoms with Gasteiger partial charge in [-0.2, -0.15) is 5.10 Å². The van der Waals surface area contributed by atoms with Crippen LogP contribution in [0.2, 0.25) is 0 Å². The predicted octanol–water partition coefficient (Wildman–Crippen LogP) is 2.70. The van der Waals surface area contributed by atoms with E-state index in [-0.39, 0.29) is 6.04 Å². The fourth-order valence-electron chi connectivity index (χ4n) is 2.15. The van der Waals surface area contributed by atoms with Gasteiger partial charge in [0, 0.05) is 35.9 Å². The summed E-state index contributed by atoms with van der Waals surface area (Å²) in [5.41, 5.74) is 3.09. The highest BCUT2D eigenvalue weighted by molar-refractivity contribution is 9.10. The number of hydrogen-bond acceptors (Lipinski definition) is 3. The maximum atomic E-state index is 10.3. The second-order valence-corrected chi connectivity index (χ2v) is 6.00. The van der Waals surface area contributed by atoms with Crippen molar-refractivity contribution in [2.45, 2.75) is 32.5 Å². The zero-order valence-electron chi connectivity index (χ0n) is 12.0. The molecule has 108 valence electrons. The third kappa shape index (κ3) is 3.69. The van der Waals surface area contributed by atoms with Crippen molar-refractivity contribution in [3.63, 3.8) is 0 Å². The number of nitrogens with zero attached hydrogens (tertiary/aromatic N) is 2. The van der Waals surface area contributed by atoms with Crippen LogP contribution < -0.4 is 5.32 Å². The third-order valence-corrected chi connectivity index (χ3v) is 3.94. The number of aliphatic hydroxyl groups is 1. The van der Waals surface area contributed by atoms with Gasteiger partial charge in [0.15, 0.2) is 0 Å². The van der Waals surface area contributed by atoms with E-state index >= 15 is 0 Å². The lowest BCUT2D eigenvalue weighted by atomic mass is 10.0. The molecule has 2 aromatic rings. The summed E-state index contributed by atoms with van der Waals surface area (Å²) < 4.78 is 2.82. The first-order valence-electron chi connectivity index (χ1n) is 6.63. The number of aromatic nitrogens is 2. The van der Waals surface area contributed by atoms with Crippen LogP contribution in [0.15, 0.2) is 34.9 Å². The minimum Gasteiger partial charge on any atom is -0.387 e. The van der Waals surface area contributed by atoms with E-state index in [0.29, 0.717) is 6.54 Å². The quantitative estimate of drug-likeness (QED) is 0.881. The van der Waals surface area contributed by atoms with Crippen LogP contribution in [0.3, 0.4) is 0 Å². The van der Waals surface area contributed by atoms with Gasteiger partial charge >= 0.3 is 0 Å². The Morgan fingerprint density at radius 2 is 2.00 bits per heavy atom. The van der Waals surface area contributed by atoms with E-state index in [2.05, 4.69) is 26.3 Å². The van der Waals surface area contributed by atoms with Gasteiger partial charge in [-0.1, -0.05) is 28.1 Å². The van der Waals surface area contributed by atoms with E-state index in [1.54, 1.807) is 0 Å². The maximum Gasteiger partial charge on any atom is 0.0940 e. The third-order valence-electron chi connectivity index (χ3n) is 3.41. The summed E-state index contributed by atoms with van der Waals surface area (Å²) in [4.78, 5) is 0. The van der Waals surface area contributed by atoms with Crippen LogP contribution in [0.25, 0.3) is 0 Å². The van der Waals surface area contributed by atoms with Gasteiger partial charge in [-0.05, 0) is 31.5 Å². The van der Waals surface area contributed by atoms with Crippen LogP contribution in [-0.4, -0.2) is 20.9 Å². The van der Waals surface area contributed by atoms with Crippen LogP contribution in [0.5, 0.6) is 0 Å². The average Bonchev–Trinajstić information content (AvgIpc) is 2.74. The van der Waals surface area contributed by atoms with E-state index in [4.69, 9.17) is 0 Å². The summed E-state index contributed by atoms with van der Waals surface area (Å²) in [7, 11) is 1.91. The highest BCUT2D eigenvalue weighted by Gasteiger charge is 2.16. The normalized spacial score (nSPS) is 14.2. The van der Waals surface area contributed by atoms with Crippen molar-refractivity contribution >= 4 is 15.9 Å². The molecule has 2 atom stereocenters. The Morgan fingerprint density at radius 3 is 2.55 bits per heavy atom. The molecule has 0 aliphatic heterocycles. The number of benzene rings is 1. The van der Waals surface area contributed by atoms with E-state index in [1.807, 2.05) is 56.0 Å². The van der Waals surface area contributed by atoms with E-state index < -0.39 is 6.10 Å². The molecule has 20 heavy (non-hydrogen) atoms. The molecule has 2 unspecified atom stereocenters. The van der Waals surface area contributed by atoms with Crippen molar-refractivity contribution < 1.29 is 5.11 Å². The number of rotatable bonds is 5. The summed E-state index contributed by atoms with van der Waals surface area (Å²) in [5.74, 6) is 0. The Morgan fingerprint density at radius 1 is 1.35 bits per heavy atom. The van der Waals surface area contributed by atoms with E-state index in [9.17, 15) is 5.11 Å². The Balaban J connectivity index is 1.96. The van der Waals surface area contributed by atoms with Crippen LogP contribution >= 0.6 is 15.9 Å². The Bertz CT molecular complexity index is 565. The molecule has 4 nitrogen and oxygen atoms in total. The Kier molecular flexibility index (Phi) is 4.96. The fraction of sp³-hybridized carbons (Fsp3) is 0.400. The van der Waals surface area contributed by atoms with Gasteiger partial charge < -0.3 is 10.4 Å². The first-order chi connectivity index (χ1) is 9.47. The van der Waals surface area contributed by atoms with Crippen molar-refractivity contribution in [3.8, 4) is 0 Å². The molecule has 0 amide bonds. The second kappa shape index (κ2) is 6.52. The summed E-state index contributed by atoms with van der Waals surface area (Å²) >= 11 is 3.40. The number of aliphatic hydroxyl groups excluding tert-OH is 1. The molecule has 0 fully saturated rings. The number of hydrogen-bond donors (Lipinski definition) is 2. The average molecular weight is 338 g/mol. The molecule has 0 saturated carbocycles. The highest BCUT2D eigenvalue weighted by atomic mass is 79.9. The molecule has 2 rings (SSSR count). The minimum absolute atomic E-state index is 0.0317. The van der Waals surface area contributed by atoms with Gasteiger partial charge in [0.1, 0.15) is 0 Å². The van der Waals surface area contributed by atoms with E-state index in [0.717, 1.165) is 21.3 Å². The van der Waals surface area contributed by atoms with Crippen LogP contribution in [0.1, 0.15) is 29.8 Å². The molecule has 5 heteroatoms. The summed E-state index contributed by atoms with van der Waals surface area (Å²) in [6.07, 6.45) is 1.47. The predicted molar refractivity (Wildman–Crippen MR) is 83.3 cm³/mol. The van der Waals surface area contributed by atoms with Crippen LogP contribution in [0.4, 0.5) is 0 Å².